The molecule has 120 valence electrons. The van der Waals surface area contributed by atoms with E-state index in [1.54, 1.807) is 12.1 Å². The number of benzene rings is 1. The van der Waals surface area contributed by atoms with Crippen LogP contribution in [-0.4, -0.2) is 7.05 Å². The van der Waals surface area contributed by atoms with Crippen molar-refractivity contribution >= 4 is 11.6 Å². The molecule has 1 nitrogen and oxygen atoms in total. The highest BCUT2D eigenvalue weighted by molar-refractivity contribution is 6.30. The lowest BCUT2D eigenvalue weighted by Gasteiger charge is -2.17. The lowest BCUT2D eigenvalue weighted by molar-refractivity contribution is 0.474. The summed E-state index contributed by atoms with van der Waals surface area (Å²) in [4.78, 5) is 0. The first-order valence-electron chi connectivity index (χ1n) is 8.31. The SMILES string of the molecule is CCCCCCCCCCC(NC)c1ccc(Cl)cc1F. The zero-order valence-corrected chi connectivity index (χ0v) is 14.2. The first-order valence-corrected chi connectivity index (χ1v) is 8.69. The van der Waals surface area contributed by atoms with Crippen LogP contribution in [0, 0.1) is 5.82 Å². The van der Waals surface area contributed by atoms with E-state index in [9.17, 15) is 4.39 Å². The molecule has 0 saturated carbocycles. The third-order valence-corrected chi connectivity index (χ3v) is 4.27. The molecule has 0 saturated heterocycles. The van der Waals surface area contributed by atoms with Crippen LogP contribution in [0.5, 0.6) is 0 Å². The van der Waals surface area contributed by atoms with Crippen LogP contribution in [0.15, 0.2) is 18.2 Å². The Labute approximate surface area is 134 Å². The summed E-state index contributed by atoms with van der Waals surface area (Å²) >= 11 is 5.80. The fourth-order valence-corrected chi connectivity index (χ4v) is 2.88. The summed E-state index contributed by atoms with van der Waals surface area (Å²) in [5.74, 6) is -0.207. The molecule has 0 aliphatic rings. The van der Waals surface area contributed by atoms with Crippen LogP contribution in [0.4, 0.5) is 4.39 Å². The first-order chi connectivity index (χ1) is 10.2. The van der Waals surface area contributed by atoms with Crippen LogP contribution in [0.1, 0.15) is 76.3 Å². The van der Waals surface area contributed by atoms with E-state index in [2.05, 4.69) is 12.2 Å². The van der Waals surface area contributed by atoms with E-state index >= 15 is 0 Å². The minimum atomic E-state index is -0.207. The Morgan fingerprint density at radius 3 is 2.24 bits per heavy atom. The molecule has 0 aliphatic carbocycles. The molecule has 0 fully saturated rings. The average molecular weight is 314 g/mol. The van der Waals surface area contributed by atoms with Crippen molar-refractivity contribution in [3.8, 4) is 0 Å². The summed E-state index contributed by atoms with van der Waals surface area (Å²) in [5, 5.41) is 3.67. The molecule has 21 heavy (non-hydrogen) atoms. The summed E-state index contributed by atoms with van der Waals surface area (Å²) < 4.78 is 13.9. The lowest BCUT2D eigenvalue weighted by Crippen LogP contribution is -2.17. The smallest absolute Gasteiger partial charge is 0.129 e. The summed E-state index contributed by atoms with van der Waals surface area (Å²) in [7, 11) is 1.89. The third kappa shape index (κ3) is 7.28. The van der Waals surface area contributed by atoms with Crippen LogP contribution in [0.3, 0.4) is 0 Å². The molecular formula is C18H29ClFN. The molecule has 0 heterocycles. The van der Waals surface area contributed by atoms with Gasteiger partial charge >= 0.3 is 0 Å². The van der Waals surface area contributed by atoms with Crippen molar-refractivity contribution in [2.24, 2.45) is 0 Å². The number of unbranched alkanes of at least 4 members (excludes halogenated alkanes) is 7. The topological polar surface area (TPSA) is 12.0 Å². The van der Waals surface area contributed by atoms with Crippen LogP contribution in [-0.2, 0) is 0 Å². The van der Waals surface area contributed by atoms with E-state index in [-0.39, 0.29) is 11.9 Å². The fraction of sp³-hybridized carbons (Fsp3) is 0.667. The van der Waals surface area contributed by atoms with Gasteiger partial charge in [-0.15, -0.1) is 0 Å². The average Bonchev–Trinajstić information content (AvgIpc) is 2.47. The molecule has 1 aromatic carbocycles. The van der Waals surface area contributed by atoms with E-state index < -0.39 is 0 Å². The highest BCUT2D eigenvalue weighted by atomic mass is 35.5. The van der Waals surface area contributed by atoms with E-state index in [0.717, 1.165) is 18.4 Å². The van der Waals surface area contributed by atoms with E-state index in [0.29, 0.717) is 5.02 Å². The van der Waals surface area contributed by atoms with Gasteiger partial charge in [-0.1, -0.05) is 76.0 Å². The summed E-state index contributed by atoms with van der Waals surface area (Å²) in [6.45, 7) is 2.24. The van der Waals surface area contributed by atoms with E-state index in [1.165, 1.54) is 51.0 Å². The summed E-state index contributed by atoms with van der Waals surface area (Å²) in [5.41, 5.74) is 0.727. The molecule has 1 N–H and O–H groups in total. The van der Waals surface area contributed by atoms with Gasteiger partial charge in [0.1, 0.15) is 5.82 Å². The number of halogens is 2. The van der Waals surface area contributed by atoms with Crippen molar-refractivity contribution in [1.29, 1.82) is 0 Å². The molecule has 0 radical (unpaired) electrons. The largest absolute Gasteiger partial charge is 0.313 e. The Kier molecular flexibility index (Phi) is 9.69. The number of rotatable bonds is 11. The van der Waals surface area contributed by atoms with Crippen molar-refractivity contribution in [2.45, 2.75) is 70.8 Å². The Hall–Kier alpha value is -0.600. The van der Waals surface area contributed by atoms with Crippen molar-refractivity contribution < 1.29 is 4.39 Å². The fourth-order valence-electron chi connectivity index (χ4n) is 2.72. The summed E-state index contributed by atoms with van der Waals surface area (Å²) in [6, 6.07) is 5.04. The van der Waals surface area contributed by atoms with Gasteiger partial charge in [-0.3, -0.25) is 0 Å². The second-order valence-electron chi connectivity index (χ2n) is 5.77. The van der Waals surface area contributed by atoms with E-state index in [1.807, 2.05) is 7.05 Å². The van der Waals surface area contributed by atoms with Crippen molar-refractivity contribution in [2.75, 3.05) is 7.05 Å². The highest BCUT2D eigenvalue weighted by Gasteiger charge is 2.13. The van der Waals surface area contributed by atoms with Gasteiger partial charge in [0.2, 0.25) is 0 Å². The Bertz CT molecular complexity index is 395. The molecule has 0 bridgehead atoms. The molecule has 0 amide bonds. The Morgan fingerprint density at radius 1 is 1.05 bits per heavy atom. The monoisotopic (exact) mass is 313 g/mol. The minimum absolute atomic E-state index is 0.0855. The van der Waals surface area contributed by atoms with Crippen LogP contribution in [0.25, 0.3) is 0 Å². The van der Waals surface area contributed by atoms with Gasteiger partial charge in [0.15, 0.2) is 0 Å². The second kappa shape index (κ2) is 11.0. The van der Waals surface area contributed by atoms with Gasteiger partial charge in [-0.25, -0.2) is 4.39 Å². The van der Waals surface area contributed by atoms with Crippen molar-refractivity contribution in [3.63, 3.8) is 0 Å². The van der Waals surface area contributed by atoms with Gasteiger partial charge in [0.05, 0.1) is 0 Å². The van der Waals surface area contributed by atoms with Crippen LogP contribution < -0.4 is 5.32 Å². The maximum atomic E-state index is 13.9. The second-order valence-corrected chi connectivity index (χ2v) is 6.21. The van der Waals surface area contributed by atoms with Crippen LogP contribution in [0.2, 0.25) is 5.02 Å². The highest BCUT2D eigenvalue weighted by Crippen LogP contribution is 2.25. The molecule has 1 rings (SSSR count). The molecule has 1 aromatic rings. The minimum Gasteiger partial charge on any atom is -0.313 e. The molecular weight excluding hydrogens is 285 g/mol. The third-order valence-electron chi connectivity index (χ3n) is 4.03. The maximum absolute atomic E-state index is 13.9. The number of hydrogen-bond donors (Lipinski definition) is 1. The van der Waals surface area contributed by atoms with Gasteiger partial charge in [0.25, 0.3) is 0 Å². The predicted octanol–water partition coefficient (Wildman–Crippen LogP) is 6.27. The maximum Gasteiger partial charge on any atom is 0.129 e. The zero-order chi connectivity index (χ0) is 15.5. The van der Waals surface area contributed by atoms with Gasteiger partial charge in [0, 0.05) is 16.6 Å². The lowest BCUT2D eigenvalue weighted by atomic mass is 9.99. The summed E-state index contributed by atoms with van der Waals surface area (Å²) in [6.07, 6.45) is 11.4. The number of nitrogens with one attached hydrogen (secondary N) is 1. The Morgan fingerprint density at radius 2 is 1.67 bits per heavy atom. The predicted molar refractivity (Wildman–Crippen MR) is 90.4 cm³/mol. The molecule has 0 aromatic heterocycles. The quantitative estimate of drug-likeness (QED) is 0.475. The molecule has 1 unspecified atom stereocenters. The molecule has 3 heteroatoms. The van der Waals surface area contributed by atoms with E-state index in [4.69, 9.17) is 11.6 Å². The first kappa shape index (κ1) is 18.4. The van der Waals surface area contributed by atoms with Gasteiger partial charge in [-0.05, 0) is 25.6 Å². The normalized spacial score (nSPS) is 12.6. The van der Waals surface area contributed by atoms with Crippen molar-refractivity contribution in [3.05, 3.63) is 34.6 Å². The Balaban J connectivity index is 2.25. The molecule has 0 aliphatic heterocycles. The van der Waals surface area contributed by atoms with Crippen molar-refractivity contribution in [1.82, 2.24) is 5.32 Å². The molecule has 1 atom stereocenters. The number of hydrogen-bond acceptors (Lipinski definition) is 1. The standard InChI is InChI=1S/C18H29ClFN/c1-3-4-5-6-7-8-9-10-11-18(21-2)16-13-12-15(19)14-17(16)20/h12-14,18,21H,3-11H2,1-2H3. The van der Waals surface area contributed by atoms with Gasteiger partial charge in [-0.2, -0.15) is 0 Å². The molecule has 0 spiro atoms. The van der Waals surface area contributed by atoms with Crippen LogP contribution >= 0.6 is 11.6 Å². The zero-order valence-electron chi connectivity index (χ0n) is 13.4. The van der Waals surface area contributed by atoms with Gasteiger partial charge < -0.3 is 5.32 Å².